The number of esters is 1. The summed E-state index contributed by atoms with van der Waals surface area (Å²) in [4.78, 5) is 22.1. The molecule has 10 atom stereocenters. The highest BCUT2D eigenvalue weighted by Gasteiger charge is 2.59. The Balaban J connectivity index is 1.28. The van der Waals surface area contributed by atoms with Gasteiger partial charge >= 0.3 is 14.6 Å². The molecule has 0 aromatic heterocycles. The van der Waals surface area contributed by atoms with E-state index in [-0.39, 0.29) is 30.3 Å². The van der Waals surface area contributed by atoms with E-state index in [1.807, 2.05) is 0 Å². The van der Waals surface area contributed by atoms with Crippen LogP contribution in [0, 0.1) is 46.3 Å². The standard InChI is InChI=1S/C34H59O6P/c1-7-38-41(37)40-32(36)13-9-12-31(35)39-26-18-20-33(5)25(22-26)14-15-27-29-17-16-28(24(4)11-8-10-23(2)3)34(29,6)21-19-30(27)33/h14,23-24,26-30,32,36-37H,7-13,15-22H2,1-6H3/t24-,26+,27?,28-,29?,30?,32?,33+,34-,41?/m0/s1. The van der Waals surface area contributed by atoms with Crippen molar-refractivity contribution in [1.29, 1.82) is 0 Å². The number of carbonyl (C=O) groups excluding carboxylic acids is 1. The monoisotopic (exact) mass is 594 g/mol. The van der Waals surface area contributed by atoms with Crippen molar-refractivity contribution >= 4 is 14.6 Å². The van der Waals surface area contributed by atoms with E-state index >= 15 is 0 Å². The van der Waals surface area contributed by atoms with Gasteiger partial charge in [0.2, 0.25) is 0 Å². The van der Waals surface area contributed by atoms with Crippen LogP contribution in [0.4, 0.5) is 0 Å². The maximum atomic E-state index is 12.6. The first-order chi connectivity index (χ1) is 19.5. The Bertz CT molecular complexity index is 892. The zero-order valence-corrected chi connectivity index (χ0v) is 27.7. The fourth-order valence-corrected chi connectivity index (χ4v) is 10.3. The number of hydrogen-bond acceptors (Lipinski definition) is 6. The molecule has 236 valence electrons. The lowest BCUT2D eigenvalue weighted by molar-refractivity contribution is -0.152. The SMILES string of the molecule is CCOP(O)OC(O)CCCC(=O)O[C@@H]1CC[C@]2(C)C(=CCC3C2CC[C@]2(C)C3CC[C@H]2[C@@H](C)CCCC(C)C)C1. The Hall–Kier alpha value is -0.520. The summed E-state index contributed by atoms with van der Waals surface area (Å²) < 4.78 is 15.9. The van der Waals surface area contributed by atoms with Crippen LogP contribution in [0.25, 0.3) is 0 Å². The van der Waals surface area contributed by atoms with Gasteiger partial charge in [0.05, 0.1) is 6.61 Å². The van der Waals surface area contributed by atoms with Gasteiger partial charge in [-0.05, 0) is 111 Å². The molecule has 4 rings (SSSR count). The lowest BCUT2D eigenvalue weighted by Crippen LogP contribution is -2.51. The van der Waals surface area contributed by atoms with E-state index < -0.39 is 14.9 Å². The molecule has 5 unspecified atom stereocenters. The van der Waals surface area contributed by atoms with Gasteiger partial charge in [0.25, 0.3) is 0 Å². The van der Waals surface area contributed by atoms with Crippen molar-refractivity contribution in [3.05, 3.63) is 11.6 Å². The van der Waals surface area contributed by atoms with E-state index in [9.17, 15) is 14.8 Å². The van der Waals surface area contributed by atoms with Gasteiger partial charge in [-0.2, -0.15) is 0 Å². The molecule has 6 nitrogen and oxygen atoms in total. The molecular weight excluding hydrogens is 535 g/mol. The molecule has 3 fully saturated rings. The van der Waals surface area contributed by atoms with Gasteiger partial charge in [0, 0.05) is 12.8 Å². The molecule has 7 heteroatoms. The van der Waals surface area contributed by atoms with Crippen LogP contribution in [0.15, 0.2) is 11.6 Å². The normalized spacial score (nSPS) is 37.0. The Morgan fingerprint density at radius 2 is 1.83 bits per heavy atom. The molecule has 0 bridgehead atoms. The van der Waals surface area contributed by atoms with Gasteiger partial charge in [-0.25, -0.2) is 0 Å². The molecule has 0 aromatic rings. The van der Waals surface area contributed by atoms with Gasteiger partial charge in [-0.15, -0.1) is 0 Å². The first-order valence-electron chi connectivity index (χ1n) is 16.8. The fraction of sp³-hybridized carbons (Fsp3) is 0.912. The summed E-state index contributed by atoms with van der Waals surface area (Å²) in [7, 11) is -2.07. The summed E-state index contributed by atoms with van der Waals surface area (Å²) in [5, 5.41) is 9.89. The minimum Gasteiger partial charge on any atom is -0.462 e. The predicted octanol–water partition coefficient (Wildman–Crippen LogP) is 8.70. The molecule has 2 N–H and O–H groups in total. The lowest BCUT2D eigenvalue weighted by Gasteiger charge is -2.58. The molecular formula is C34H59O6P. The maximum Gasteiger partial charge on any atom is 0.332 e. The van der Waals surface area contributed by atoms with Gasteiger partial charge < -0.3 is 19.3 Å². The number of hydrogen-bond donors (Lipinski definition) is 2. The molecule has 0 radical (unpaired) electrons. The van der Waals surface area contributed by atoms with Gasteiger partial charge in [-0.3, -0.25) is 9.32 Å². The minimum atomic E-state index is -2.07. The van der Waals surface area contributed by atoms with E-state index in [0.717, 1.165) is 54.8 Å². The zero-order valence-electron chi connectivity index (χ0n) is 26.8. The molecule has 3 saturated carbocycles. The second-order valence-electron chi connectivity index (χ2n) is 14.8. The summed E-state index contributed by atoms with van der Waals surface area (Å²) in [6, 6.07) is 0. The minimum absolute atomic E-state index is 0.0424. The summed E-state index contributed by atoms with van der Waals surface area (Å²) in [5.74, 6) is 4.77. The van der Waals surface area contributed by atoms with Crippen LogP contribution in [-0.2, 0) is 18.6 Å². The van der Waals surface area contributed by atoms with Crippen molar-refractivity contribution in [3.8, 4) is 0 Å². The average molecular weight is 595 g/mol. The lowest BCUT2D eigenvalue weighted by atomic mass is 9.47. The Kier molecular flexibility index (Phi) is 11.8. The topological polar surface area (TPSA) is 85.2 Å². The predicted molar refractivity (Wildman–Crippen MR) is 165 cm³/mol. The van der Waals surface area contributed by atoms with Gasteiger partial charge in [0.1, 0.15) is 6.10 Å². The van der Waals surface area contributed by atoms with Crippen LogP contribution in [0.3, 0.4) is 0 Å². The van der Waals surface area contributed by atoms with Crippen LogP contribution in [0.5, 0.6) is 0 Å². The Morgan fingerprint density at radius 3 is 2.56 bits per heavy atom. The third kappa shape index (κ3) is 7.77. The highest BCUT2D eigenvalue weighted by atomic mass is 31.2. The Labute approximate surface area is 251 Å². The number of aliphatic hydroxyl groups excluding tert-OH is 1. The summed E-state index contributed by atoms with van der Waals surface area (Å²) >= 11 is 0. The summed E-state index contributed by atoms with van der Waals surface area (Å²) in [6.07, 6.45) is 16.2. The smallest absolute Gasteiger partial charge is 0.332 e. The molecule has 41 heavy (non-hydrogen) atoms. The van der Waals surface area contributed by atoms with Crippen LogP contribution in [-0.4, -0.2) is 35.0 Å². The maximum absolute atomic E-state index is 12.6. The number of fused-ring (bicyclic) bond motifs is 5. The molecule has 0 aromatic carbocycles. The summed E-state index contributed by atoms with van der Waals surface area (Å²) in [5.41, 5.74) is 2.30. The molecule has 4 aliphatic rings. The van der Waals surface area contributed by atoms with E-state index in [1.165, 1.54) is 51.4 Å². The van der Waals surface area contributed by atoms with Crippen LogP contribution < -0.4 is 0 Å². The zero-order chi connectivity index (χ0) is 29.8. The number of allylic oxidation sites excluding steroid dienone is 1. The van der Waals surface area contributed by atoms with Crippen LogP contribution in [0.1, 0.15) is 131 Å². The van der Waals surface area contributed by atoms with Gasteiger partial charge in [0.15, 0.2) is 6.29 Å². The Morgan fingerprint density at radius 1 is 1.05 bits per heavy atom. The average Bonchev–Trinajstić information content (AvgIpc) is 3.26. The number of carbonyl (C=O) groups is 1. The number of rotatable bonds is 14. The van der Waals surface area contributed by atoms with Crippen LogP contribution in [0.2, 0.25) is 0 Å². The summed E-state index contributed by atoms with van der Waals surface area (Å²) in [6.45, 7) is 14.5. The molecule has 0 heterocycles. The third-order valence-corrected chi connectivity index (χ3v) is 12.7. The fourth-order valence-electron chi connectivity index (χ4n) is 9.72. The van der Waals surface area contributed by atoms with Gasteiger partial charge in [-0.1, -0.05) is 65.5 Å². The largest absolute Gasteiger partial charge is 0.462 e. The van der Waals surface area contributed by atoms with E-state index in [2.05, 4.69) is 40.7 Å². The first-order valence-corrected chi connectivity index (χ1v) is 18.0. The van der Waals surface area contributed by atoms with E-state index in [0.29, 0.717) is 18.4 Å². The molecule has 0 saturated heterocycles. The van der Waals surface area contributed by atoms with Crippen molar-refractivity contribution < 1.29 is 28.6 Å². The van der Waals surface area contributed by atoms with Crippen LogP contribution >= 0.6 is 8.60 Å². The first kappa shape index (κ1) is 33.4. The van der Waals surface area contributed by atoms with E-state index in [4.69, 9.17) is 13.8 Å². The van der Waals surface area contributed by atoms with Crippen molar-refractivity contribution in [2.24, 2.45) is 46.3 Å². The number of aliphatic hydroxyl groups is 1. The van der Waals surface area contributed by atoms with Crippen molar-refractivity contribution in [1.82, 2.24) is 0 Å². The molecule has 0 aliphatic heterocycles. The third-order valence-electron chi connectivity index (χ3n) is 11.8. The highest BCUT2D eigenvalue weighted by molar-refractivity contribution is 7.40. The second-order valence-corrected chi connectivity index (χ2v) is 15.7. The second kappa shape index (κ2) is 14.5. The van der Waals surface area contributed by atoms with E-state index in [1.54, 1.807) is 12.5 Å². The van der Waals surface area contributed by atoms with Crippen molar-refractivity contribution in [2.45, 2.75) is 144 Å². The molecule has 4 aliphatic carbocycles. The quantitative estimate of drug-likeness (QED) is 0.0906. The van der Waals surface area contributed by atoms with Crippen molar-refractivity contribution in [3.63, 3.8) is 0 Å². The highest BCUT2D eigenvalue weighted by Crippen LogP contribution is 2.67. The molecule has 0 spiro atoms. The molecule has 0 amide bonds. The number of ether oxygens (including phenoxy) is 1. The van der Waals surface area contributed by atoms with Crippen molar-refractivity contribution in [2.75, 3.05) is 6.61 Å².